The minimum Gasteiger partial charge on any atom is -0.481 e. The number of aliphatic hydroxyl groups excluding tert-OH is 1. The highest BCUT2D eigenvalue weighted by molar-refractivity contribution is 5.68. The van der Waals surface area contributed by atoms with Gasteiger partial charge in [0.1, 0.15) is 0 Å². The van der Waals surface area contributed by atoms with E-state index in [2.05, 4.69) is 0 Å². The van der Waals surface area contributed by atoms with Crippen LogP contribution in [0, 0.1) is 0 Å². The van der Waals surface area contributed by atoms with Crippen LogP contribution in [0.2, 0.25) is 0 Å². The molecule has 0 bridgehead atoms. The van der Waals surface area contributed by atoms with E-state index in [0.717, 1.165) is 0 Å². The zero-order valence-electron chi connectivity index (χ0n) is 5.16. The van der Waals surface area contributed by atoms with E-state index in [1.54, 1.807) is 0 Å². The number of hydrogen-bond donors (Lipinski definition) is 3. The Morgan fingerprint density at radius 2 is 2.11 bits per heavy atom. The van der Waals surface area contributed by atoms with Gasteiger partial charge in [-0.1, -0.05) is 0 Å². The van der Waals surface area contributed by atoms with E-state index in [9.17, 15) is 4.79 Å². The molecule has 0 aliphatic heterocycles. The molecule has 1 unspecified atom stereocenters. The molecule has 3 N–H and O–H groups in total. The van der Waals surface area contributed by atoms with Gasteiger partial charge < -0.3 is 15.3 Å². The van der Waals surface area contributed by atoms with E-state index in [1.807, 2.05) is 0 Å². The Hall–Kier alpha value is -0.610. The highest BCUT2D eigenvalue weighted by atomic mass is 16.4. The van der Waals surface area contributed by atoms with E-state index in [0.29, 0.717) is 0 Å². The number of aliphatic hydroxyl groups is 2. The lowest BCUT2D eigenvalue weighted by Crippen LogP contribution is -2.31. The molecule has 9 heavy (non-hydrogen) atoms. The lowest BCUT2D eigenvalue weighted by Gasteiger charge is -2.16. The van der Waals surface area contributed by atoms with Gasteiger partial charge in [0.05, 0.1) is 18.6 Å². The average Bonchev–Trinajstić information content (AvgIpc) is 1.63. The molecule has 0 heterocycles. The average molecular weight is 134 g/mol. The van der Waals surface area contributed by atoms with Crippen molar-refractivity contribution in [2.24, 2.45) is 0 Å². The van der Waals surface area contributed by atoms with E-state index in [-0.39, 0.29) is 0 Å². The van der Waals surface area contributed by atoms with Crippen LogP contribution in [0.15, 0.2) is 0 Å². The number of hydrogen-bond acceptors (Lipinski definition) is 3. The van der Waals surface area contributed by atoms with Crippen LogP contribution in [0.25, 0.3) is 0 Å². The molecule has 0 fully saturated rings. The van der Waals surface area contributed by atoms with Crippen LogP contribution in [0.1, 0.15) is 13.3 Å². The summed E-state index contributed by atoms with van der Waals surface area (Å²) in [6, 6.07) is 0. The molecule has 0 aromatic rings. The van der Waals surface area contributed by atoms with E-state index < -0.39 is 24.6 Å². The zero-order chi connectivity index (χ0) is 7.49. The van der Waals surface area contributed by atoms with Crippen molar-refractivity contribution in [1.82, 2.24) is 0 Å². The van der Waals surface area contributed by atoms with Gasteiger partial charge >= 0.3 is 5.97 Å². The van der Waals surface area contributed by atoms with Crippen molar-refractivity contribution in [3.63, 3.8) is 0 Å². The Bertz CT molecular complexity index is 108. The third-order valence-corrected chi connectivity index (χ3v) is 0.873. The van der Waals surface area contributed by atoms with Crippen molar-refractivity contribution in [1.29, 1.82) is 0 Å². The van der Waals surface area contributed by atoms with Crippen molar-refractivity contribution in [3.8, 4) is 0 Å². The highest BCUT2D eigenvalue weighted by Gasteiger charge is 2.22. The monoisotopic (exact) mass is 134 g/mol. The maximum absolute atomic E-state index is 9.90. The smallest absolute Gasteiger partial charge is 0.306 e. The summed E-state index contributed by atoms with van der Waals surface area (Å²) in [5.41, 5.74) is -1.48. The van der Waals surface area contributed by atoms with Crippen LogP contribution in [0.5, 0.6) is 0 Å². The van der Waals surface area contributed by atoms with Crippen molar-refractivity contribution in [2.45, 2.75) is 18.9 Å². The van der Waals surface area contributed by atoms with E-state index in [1.165, 1.54) is 6.92 Å². The second kappa shape index (κ2) is 2.80. The topological polar surface area (TPSA) is 77.8 Å². The lowest BCUT2D eigenvalue weighted by molar-refractivity contribution is -0.143. The van der Waals surface area contributed by atoms with Gasteiger partial charge in [0, 0.05) is 0 Å². The van der Waals surface area contributed by atoms with Gasteiger partial charge in [-0.2, -0.15) is 0 Å². The minimum atomic E-state index is -1.48. The van der Waals surface area contributed by atoms with Crippen LogP contribution < -0.4 is 0 Å². The molecule has 4 nitrogen and oxygen atoms in total. The largest absolute Gasteiger partial charge is 0.481 e. The third-order valence-electron chi connectivity index (χ3n) is 0.873. The Kier molecular flexibility index (Phi) is 2.61. The number of rotatable bonds is 3. The maximum Gasteiger partial charge on any atom is 0.306 e. The molecule has 0 radical (unpaired) electrons. The lowest BCUT2D eigenvalue weighted by atomic mass is 10.1. The first kappa shape index (κ1) is 8.39. The molecular formula is C5H10O4. The fourth-order valence-corrected chi connectivity index (χ4v) is 0.382. The summed E-state index contributed by atoms with van der Waals surface area (Å²) < 4.78 is 0. The first-order valence-electron chi connectivity index (χ1n) is 2.53. The molecule has 0 rings (SSSR count). The molecule has 1 atom stereocenters. The first-order chi connectivity index (χ1) is 3.98. The van der Waals surface area contributed by atoms with Crippen molar-refractivity contribution >= 4 is 5.97 Å². The Labute approximate surface area is 52.7 Å². The van der Waals surface area contributed by atoms with Crippen LogP contribution in [-0.2, 0) is 4.79 Å². The summed E-state index contributed by atoms with van der Waals surface area (Å²) in [4.78, 5) is 9.90. The second-order valence-corrected chi connectivity index (χ2v) is 2.23. The van der Waals surface area contributed by atoms with Crippen LogP contribution in [0.3, 0.4) is 0 Å². The maximum atomic E-state index is 9.90. The van der Waals surface area contributed by atoms with Gasteiger partial charge in [0.2, 0.25) is 0 Å². The van der Waals surface area contributed by atoms with E-state index >= 15 is 0 Å². The predicted molar refractivity (Wildman–Crippen MR) is 30.0 cm³/mol. The summed E-state index contributed by atoms with van der Waals surface area (Å²) in [7, 11) is 0. The molecule has 54 valence electrons. The van der Waals surface area contributed by atoms with Crippen LogP contribution in [0.4, 0.5) is 0 Å². The molecule has 0 amide bonds. The summed E-state index contributed by atoms with van der Waals surface area (Å²) >= 11 is 0. The van der Waals surface area contributed by atoms with Crippen molar-refractivity contribution in [3.05, 3.63) is 0 Å². The molecule has 0 aliphatic carbocycles. The number of carbonyl (C=O) groups is 1. The Morgan fingerprint density at radius 1 is 1.67 bits per heavy atom. The standard InChI is InChI=1S/C5H10O4/c1-5(9,3-6)2-4(7)8/h6,9H,2-3H2,1H3,(H,7,8). The minimum absolute atomic E-state index is 0.427. The van der Waals surface area contributed by atoms with Gasteiger partial charge in [0.25, 0.3) is 0 Å². The normalized spacial score (nSPS) is 16.8. The van der Waals surface area contributed by atoms with Crippen molar-refractivity contribution < 1.29 is 20.1 Å². The zero-order valence-corrected chi connectivity index (χ0v) is 5.16. The summed E-state index contributed by atoms with van der Waals surface area (Å²) in [5, 5.41) is 25.3. The summed E-state index contributed by atoms with van der Waals surface area (Å²) in [6.07, 6.45) is -0.427. The first-order valence-corrected chi connectivity index (χ1v) is 2.53. The van der Waals surface area contributed by atoms with Crippen molar-refractivity contribution in [2.75, 3.05) is 6.61 Å². The summed E-state index contributed by atoms with van der Waals surface area (Å²) in [5.74, 6) is -1.12. The van der Waals surface area contributed by atoms with Gasteiger partial charge in [-0.05, 0) is 6.92 Å². The Morgan fingerprint density at radius 3 is 2.22 bits per heavy atom. The molecule has 0 saturated carbocycles. The summed E-state index contributed by atoms with van der Waals surface area (Å²) in [6.45, 7) is 0.737. The van der Waals surface area contributed by atoms with Gasteiger partial charge in [-0.15, -0.1) is 0 Å². The van der Waals surface area contributed by atoms with E-state index in [4.69, 9.17) is 15.3 Å². The second-order valence-electron chi connectivity index (χ2n) is 2.23. The molecule has 0 aromatic heterocycles. The predicted octanol–water partition coefficient (Wildman–Crippen LogP) is -0.796. The van der Waals surface area contributed by atoms with Gasteiger partial charge in [-0.3, -0.25) is 4.79 Å². The van der Waals surface area contributed by atoms with Crippen LogP contribution in [-0.4, -0.2) is 33.5 Å². The molecule has 0 spiro atoms. The quantitative estimate of drug-likeness (QED) is 0.472. The Balaban J connectivity index is 3.71. The number of carboxylic acids is 1. The number of aliphatic carboxylic acids is 1. The highest BCUT2D eigenvalue weighted by Crippen LogP contribution is 2.06. The number of carboxylic acid groups (broad SMARTS) is 1. The van der Waals surface area contributed by atoms with Gasteiger partial charge in [0.15, 0.2) is 0 Å². The molecule has 4 heteroatoms. The molecule has 0 aliphatic rings. The molecule has 0 aromatic carbocycles. The third kappa shape index (κ3) is 3.93. The van der Waals surface area contributed by atoms with Gasteiger partial charge in [-0.25, -0.2) is 0 Å². The molecule has 0 saturated heterocycles. The molecular weight excluding hydrogens is 124 g/mol. The van der Waals surface area contributed by atoms with Crippen LogP contribution >= 0.6 is 0 Å². The fraction of sp³-hybridized carbons (Fsp3) is 0.800. The fourth-order valence-electron chi connectivity index (χ4n) is 0.382. The SMILES string of the molecule is CC(O)(CO)CC(=O)O.